The standard InChI is InChI=1S/C25H33NO2/c1-18-3-7-24(13-19(18)2)28-25-8-6-22-14-21(4-5-23(22)15-25)16-26-11-9-20(17-27)10-12-26/h4-6,8,14-15,17-20,24H,3,7,9-13,16H2,1-2H3. The first-order valence-electron chi connectivity index (χ1n) is 11.0. The van der Waals surface area contributed by atoms with Crippen molar-refractivity contribution >= 4 is 17.1 Å². The Bertz CT molecular complexity index is 809. The zero-order valence-corrected chi connectivity index (χ0v) is 17.3. The van der Waals surface area contributed by atoms with E-state index in [9.17, 15) is 4.79 Å². The Morgan fingerprint density at radius 3 is 2.46 bits per heavy atom. The van der Waals surface area contributed by atoms with E-state index in [0.29, 0.717) is 6.10 Å². The maximum atomic E-state index is 10.9. The number of hydrogen-bond acceptors (Lipinski definition) is 3. The second-order valence-corrected chi connectivity index (χ2v) is 9.10. The molecule has 2 aliphatic rings. The third-order valence-corrected chi connectivity index (χ3v) is 6.96. The van der Waals surface area contributed by atoms with Crippen LogP contribution < -0.4 is 4.74 Å². The van der Waals surface area contributed by atoms with E-state index in [4.69, 9.17) is 4.74 Å². The fourth-order valence-electron chi connectivity index (χ4n) is 4.75. The van der Waals surface area contributed by atoms with Crippen LogP contribution in [0.3, 0.4) is 0 Å². The Labute approximate surface area is 169 Å². The maximum absolute atomic E-state index is 10.9. The van der Waals surface area contributed by atoms with E-state index < -0.39 is 0 Å². The molecule has 0 N–H and O–H groups in total. The molecule has 2 aromatic rings. The van der Waals surface area contributed by atoms with Gasteiger partial charge in [0.1, 0.15) is 12.0 Å². The molecule has 28 heavy (non-hydrogen) atoms. The number of fused-ring (bicyclic) bond motifs is 1. The molecular weight excluding hydrogens is 346 g/mol. The number of carbonyl (C=O) groups excluding carboxylic acids is 1. The van der Waals surface area contributed by atoms with Gasteiger partial charge in [0.2, 0.25) is 0 Å². The van der Waals surface area contributed by atoms with Crippen molar-refractivity contribution in [2.75, 3.05) is 13.1 Å². The van der Waals surface area contributed by atoms with Crippen LogP contribution >= 0.6 is 0 Å². The molecule has 3 heteroatoms. The Kier molecular flexibility index (Phi) is 6.01. The van der Waals surface area contributed by atoms with Gasteiger partial charge in [-0.3, -0.25) is 4.90 Å². The van der Waals surface area contributed by atoms with Gasteiger partial charge in [-0.1, -0.05) is 32.0 Å². The Hall–Kier alpha value is -1.87. The molecule has 3 unspecified atom stereocenters. The van der Waals surface area contributed by atoms with E-state index in [1.54, 1.807) is 0 Å². The predicted octanol–water partition coefficient (Wildman–Crippen LogP) is 5.45. The van der Waals surface area contributed by atoms with Crippen molar-refractivity contribution in [2.45, 2.75) is 58.6 Å². The summed E-state index contributed by atoms with van der Waals surface area (Å²) in [6.45, 7) is 7.72. The zero-order valence-electron chi connectivity index (χ0n) is 17.3. The summed E-state index contributed by atoms with van der Waals surface area (Å²) in [5.74, 6) is 2.84. The van der Waals surface area contributed by atoms with Crippen molar-refractivity contribution in [3.63, 3.8) is 0 Å². The van der Waals surface area contributed by atoms with E-state index in [1.165, 1.54) is 35.6 Å². The van der Waals surface area contributed by atoms with Gasteiger partial charge in [-0.05, 0) is 91.6 Å². The summed E-state index contributed by atoms with van der Waals surface area (Å²) in [5, 5.41) is 2.52. The van der Waals surface area contributed by atoms with E-state index in [2.05, 4.69) is 55.1 Å². The van der Waals surface area contributed by atoms with Gasteiger partial charge in [0.05, 0.1) is 6.10 Å². The summed E-state index contributed by atoms with van der Waals surface area (Å²) in [6.07, 6.45) is 7.08. The Morgan fingerprint density at radius 1 is 0.964 bits per heavy atom. The van der Waals surface area contributed by atoms with Crippen LogP contribution in [0.2, 0.25) is 0 Å². The predicted molar refractivity (Wildman–Crippen MR) is 115 cm³/mol. The molecule has 1 saturated heterocycles. The molecule has 0 radical (unpaired) electrons. The number of carbonyl (C=O) groups is 1. The molecule has 4 rings (SSSR count). The Morgan fingerprint density at radius 2 is 1.71 bits per heavy atom. The van der Waals surface area contributed by atoms with Crippen LogP contribution in [-0.2, 0) is 11.3 Å². The summed E-state index contributed by atoms with van der Waals surface area (Å²) >= 11 is 0. The number of aldehydes is 1. The molecule has 1 aliphatic carbocycles. The summed E-state index contributed by atoms with van der Waals surface area (Å²) in [7, 11) is 0. The SMILES string of the molecule is CC1CCC(Oc2ccc3cc(CN4CCC(C=O)CC4)ccc3c2)CC1C. The van der Waals surface area contributed by atoms with Crippen LogP contribution in [0.25, 0.3) is 10.8 Å². The third-order valence-electron chi connectivity index (χ3n) is 6.96. The second kappa shape index (κ2) is 8.65. The van der Waals surface area contributed by atoms with E-state index >= 15 is 0 Å². The number of likely N-dealkylation sites (tertiary alicyclic amines) is 1. The molecule has 0 amide bonds. The van der Waals surface area contributed by atoms with Crippen molar-refractivity contribution in [2.24, 2.45) is 17.8 Å². The molecule has 2 fully saturated rings. The molecule has 0 spiro atoms. The van der Waals surface area contributed by atoms with Crippen LogP contribution in [-0.4, -0.2) is 30.4 Å². The first-order valence-corrected chi connectivity index (χ1v) is 11.0. The van der Waals surface area contributed by atoms with Crippen molar-refractivity contribution in [1.29, 1.82) is 0 Å². The maximum Gasteiger partial charge on any atom is 0.123 e. The van der Waals surface area contributed by atoms with E-state index in [0.717, 1.165) is 56.3 Å². The highest BCUT2D eigenvalue weighted by atomic mass is 16.5. The minimum atomic E-state index is 0.265. The van der Waals surface area contributed by atoms with Crippen LogP contribution in [0.4, 0.5) is 0 Å². The molecule has 0 aromatic heterocycles. The zero-order chi connectivity index (χ0) is 19.5. The fourth-order valence-corrected chi connectivity index (χ4v) is 4.75. The van der Waals surface area contributed by atoms with Gasteiger partial charge >= 0.3 is 0 Å². The first-order chi connectivity index (χ1) is 13.6. The van der Waals surface area contributed by atoms with Crippen molar-refractivity contribution in [3.8, 4) is 5.75 Å². The largest absolute Gasteiger partial charge is 0.490 e. The molecule has 1 aliphatic heterocycles. The van der Waals surface area contributed by atoms with Crippen LogP contribution in [0.5, 0.6) is 5.75 Å². The number of hydrogen-bond donors (Lipinski definition) is 0. The van der Waals surface area contributed by atoms with Crippen molar-refractivity contribution in [3.05, 3.63) is 42.0 Å². The average molecular weight is 380 g/mol. The molecule has 2 aromatic carbocycles. The minimum absolute atomic E-state index is 0.265. The average Bonchev–Trinajstić information content (AvgIpc) is 2.71. The smallest absolute Gasteiger partial charge is 0.123 e. The van der Waals surface area contributed by atoms with Crippen LogP contribution in [0.15, 0.2) is 36.4 Å². The van der Waals surface area contributed by atoms with Gasteiger partial charge in [0.15, 0.2) is 0 Å². The topological polar surface area (TPSA) is 29.5 Å². The van der Waals surface area contributed by atoms with Gasteiger partial charge in [-0.15, -0.1) is 0 Å². The lowest BCUT2D eigenvalue weighted by Crippen LogP contribution is -2.33. The van der Waals surface area contributed by atoms with Gasteiger partial charge in [-0.25, -0.2) is 0 Å². The molecule has 3 nitrogen and oxygen atoms in total. The lowest BCUT2D eigenvalue weighted by atomic mass is 9.80. The van der Waals surface area contributed by atoms with Crippen molar-refractivity contribution in [1.82, 2.24) is 4.90 Å². The lowest BCUT2D eigenvalue weighted by molar-refractivity contribution is -0.112. The van der Waals surface area contributed by atoms with Crippen molar-refractivity contribution < 1.29 is 9.53 Å². The minimum Gasteiger partial charge on any atom is -0.490 e. The lowest BCUT2D eigenvalue weighted by Gasteiger charge is -2.32. The molecule has 1 heterocycles. The first kappa shape index (κ1) is 19.4. The third kappa shape index (κ3) is 4.57. The number of piperidine rings is 1. The molecule has 150 valence electrons. The van der Waals surface area contributed by atoms with Crippen LogP contribution in [0.1, 0.15) is 51.5 Å². The van der Waals surface area contributed by atoms with Gasteiger partial charge in [0.25, 0.3) is 0 Å². The molecule has 3 atom stereocenters. The fraction of sp³-hybridized carbons (Fsp3) is 0.560. The number of rotatable bonds is 5. The highest BCUT2D eigenvalue weighted by molar-refractivity contribution is 5.84. The van der Waals surface area contributed by atoms with Gasteiger partial charge < -0.3 is 9.53 Å². The normalized spacial score (nSPS) is 27.0. The summed E-state index contributed by atoms with van der Waals surface area (Å²) in [4.78, 5) is 13.4. The summed E-state index contributed by atoms with van der Waals surface area (Å²) in [5.41, 5.74) is 1.35. The van der Waals surface area contributed by atoms with E-state index in [-0.39, 0.29) is 5.92 Å². The number of ether oxygens (including phenoxy) is 1. The quantitative estimate of drug-likeness (QED) is 0.647. The van der Waals surface area contributed by atoms with Gasteiger partial charge in [-0.2, -0.15) is 0 Å². The highest BCUT2D eigenvalue weighted by Crippen LogP contribution is 2.32. The van der Waals surface area contributed by atoms with Crippen LogP contribution in [0, 0.1) is 17.8 Å². The van der Waals surface area contributed by atoms with E-state index in [1.807, 2.05) is 0 Å². The molecular formula is C25H33NO2. The second-order valence-electron chi connectivity index (χ2n) is 9.10. The highest BCUT2D eigenvalue weighted by Gasteiger charge is 2.25. The number of benzene rings is 2. The summed E-state index contributed by atoms with van der Waals surface area (Å²) in [6, 6.07) is 13.3. The monoisotopic (exact) mass is 379 g/mol. The number of nitrogens with zero attached hydrogens (tertiary/aromatic N) is 1. The summed E-state index contributed by atoms with van der Waals surface area (Å²) < 4.78 is 6.32. The van der Waals surface area contributed by atoms with Gasteiger partial charge in [0, 0.05) is 12.5 Å². The Balaban J connectivity index is 1.39. The molecule has 1 saturated carbocycles. The molecule has 0 bridgehead atoms.